The van der Waals surface area contributed by atoms with E-state index in [1.807, 2.05) is 5.32 Å². The third-order valence-electron chi connectivity index (χ3n) is 7.02. The second-order valence-electron chi connectivity index (χ2n) is 10.3. The Balaban J connectivity index is 1.91. The average molecular weight is 646 g/mol. The summed E-state index contributed by atoms with van der Waals surface area (Å²) >= 11 is 0. The summed E-state index contributed by atoms with van der Waals surface area (Å²) < 4.78 is 126. The molecule has 0 aliphatic rings. The van der Waals surface area contributed by atoms with Crippen LogP contribution in [-0.4, -0.2) is 62.4 Å². The highest BCUT2D eigenvalue weighted by molar-refractivity contribution is 6.11. The number of hydrogen-bond donors (Lipinski definition) is 2. The first kappa shape index (κ1) is 33.3. The van der Waals surface area contributed by atoms with E-state index < -0.39 is 73.8 Å². The van der Waals surface area contributed by atoms with Crippen LogP contribution in [0, 0.1) is 11.2 Å². The minimum atomic E-state index is -5.92. The SMILES string of the molecule is CNC(=O)c1c(-c2ccc(F)cc2)oc2nc(NCC(F)(F)C(F)(F)F)c(-c3cccc(C(=O)CC(CF)(CF)CF)c3)cc12. The van der Waals surface area contributed by atoms with Crippen LogP contribution in [0.5, 0.6) is 0 Å². The van der Waals surface area contributed by atoms with Crippen molar-refractivity contribution >= 4 is 28.6 Å². The van der Waals surface area contributed by atoms with Crippen molar-refractivity contribution in [3.63, 3.8) is 0 Å². The van der Waals surface area contributed by atoms with Crippen molar-refractivity contribution in [1.29, 1.82) is 0 Å². The zero-order chi connectivity index (χ0) is 33.2. The monoisotopic (exact) mass is 645 g/mol. The summed E-state index contributed by atoms with van der Waals surface area (Å²) in [5, 5.41) is 4.33. The summed E-state index contributed by atoms with van der Waals surface area (Å²) in [5.74, 6) is -8.08. The van der Waals surface area contributed by atoms with Gasteiger partial charge in [0, 0.05) is 30.2 Å². The molecule has 2 N–H and O–H groups in total. The van der Waals surface area contributed by atoms with Crippen LogP contribution >= 0.6 is 0 Å². The van der Waals surface area contributed by atoms with Crippen molar-refractivity contribution < 1.29 is 53.5 Å². The second kappa shape index (κ2) is 12.8. The van der Waals surface area contributed by atoms with Gasteiger partial charge in [0.2, 0.25) is 5.71 Å². The number of alkyl halides is 8. The van der Waals surface area contributed by atoms with E-state index in [4.69, 9.17) is 4.42 Å². The lowest BCUT2D eigenvalue weighted by Crippen LogP contribution is -2.42. The number of carbonyl (C=O) groups is 2. The molecule has 0 bridgehead atoms. The highest BCUT2D eigenvalue weighted by Crippen LogP contribution is 2.40. The van der Waals surface area contributed by atoms with Gasteiger partial charge in [0.1, 0.15) is 37.4 Å². The van der Waals surface area contributed by atoms with E-state index in [1.54, 1.807) is 0 Å². The van der Waals surface area contributed by atoms with Crippen LogP contribution < -0.4 is 10.6 Å². The standard InChI is InChI=1S/C30H24F9N3O3/c1-40-26(44)23-21-10-20(17-3-2-4-18(9-17)22(43)11-28(12-31,13-32)14-33)25(41-15-29(35,36)30(37,38)39)42-27(21)45-24(23)16-5-7-19(34)8-6-16/h2-10H,11-15H2,1H3,(H,40,44)(H,41,42). The number of amides is 1. The number of nitrogens with one attached hydrogen (secondary N) is 2. The highest BCUT2D eigenvalue weighted by Gasteiger charge is 2.57. The van der Waals surface area contributed by atoms with Gasteiger partial charge in [0.15, 0.2) is 5.78 Å². The Bertz CT molecular complexity index is 1690. The first-order chi connectivity index (χ1) is 21.2. The van der Waals surface area contributed by atoms with Crippen LogP contribution in [0.25, 0.3) is 33.6 Å². The molecule has 2 aromatic carbocycles. The van der Waals surface area contributed by atoms with Gasteiger partial charge in [-0.1, -0.05) is 18.2 Å². The number of nitrogens with zero attached hydrogens (tertiary/aromatic N) is 1. The zero-order valence-electron chi connectivity index (χ0n) is 23.3. The van der Waals surface area contributed by atoms with E-state index in [0.717, 1.165) is 18.2 Å². The Morgan fingerprint density at radius 1 is 0.889 bits per heavy atom. The van der Waals surface area contributed by atoms with Crippen LogP contribution in [0.4, 0.5) is 45.3 Å². The number of halogens is 9. The van der Waals surface area contributed by atoms with Gasteiger partial charge in [0.05, 0.1) is 22.9 Å². The number of hydrogen-bond acceptors (Lipinski definition) is 5. The number of aromatic nitrogens is 1. The van der Waals surface area contributed by atoms with E-state index in [-0.39, 0.29) is 44.7 Å². The number of anilines is 1. The maximum atomic E-state index is 13.9. The number of fused-ring (bicyclic) bond motifs is 1. The molecule has 0 saturated carbocycles. The molecule has 2 heterocycles. The fourth-order valence-electron chi connectivity index (χ4n) is 4.38. The van der Waals surface area contributed by atoms with Gasteiger partial charge >= 0.3 is 12.1 Å². The normalized spacial score (nSPS) is 12.4. The Morgan fingerprint density at radius 2 is 1.53 bits per heavy atom. The van der Waals surface area contributed by atoms with Crippen molar-refractivity contribution in [1.82, 2.24) is 10.3 Å². The Morgan fingerprint density at radius 3 is 2.11 bits per heavy atom. The van der Waals surface area contributed by atoms with Crippen LogP contribution in [0.1, 0.15) is 27.1 Å². The van der Waals surface area contributed by atoms with Crippen LogP contribution in [0.2, 0.25) is 0 Å². The van der Waals surface area contributed by atoms with Gasteiger partial charge in [-0.3, -0.25) is 22.8 Å². The lowest BCUT2D eigenvalue weighted by Gasteiger charge is -2.23. The summed E-state index contributed by atoms with van der Waals surface area (Å²) in [6.07, 6.45) is -6.77. The Labute approximate surface area is 249 Å². The van der Waals surface area contributed by atoms with E-state index in [9.17, 15) is 49.1 Å². The molecule has 0 aliphatic heterocycles. The first-order valence-corrected chi connectivity index (χ1v) is 13.1. The molecule has 0 spiro atoms. The molecule has 0 radical (unpaired) electrons. The first-order valence-electron chi connectivity index (χ1n) is 13.1. The molecular formula is C30H24F9N3O3. The van der Waals surface area contributed by atoms with E-state index in [1.165, 1.54) is 43.4 Å². The van der Waals surface area contributed by atoms with Gasteiger partial charge in [-0.15, -0.1) is 0 Å². The van der Waals surface area contributed by atoms with E-state index in [2.05, 4.69) is 10.3 Å². The summed E-state index contributed by atoms with van der Waals surface area (Å²) in [6, 6.07) is 10.9. The molecule has 6 nitrogen and oxygen atoms in total. The minimum Gasteiger partial charge on any atom is -0.437 e. The predicted molar refractivity (Wildman–Crippen MR) is 147 cm³/mol. The summed E-state index contributed by atoms with van der Waals surface area (Å²) in [6.45, 7) is -6.35. The van der Waals surface area contributed by atoms with Gasteiger partial charge in [-0.2, -0.15) is 26.9 Å². The van der Waals surface area contributed by atoms with Crippen molar-refractivity contribution in [2.24, 2.45) is 5.41 Å². The van der Waals surface area contributed by atoms with Gasteiger partial charge < -0.3 is 15.1 Å². The van der Waals surface area contributed by atoms with Crippen molar-refractivity contribution in [3.05, 3.63) is 71.5 Å². The maximum absolute atomic E-state index is 13.9. The Hall–Kier alpha value is -4.56. The molecule has 4 rings (SSSR count). The van der Waals surface area contributed by atoms with Crippen molar-refractivity contribution in [2.75, 3.05) is 38.9 Å². The summed E-state index contributed by atoms with van der Waals surface area (Å²) in [7, 11) is 1.29. The molecule has 15 heteroatoms. The average Bonchev–Trinajstić information content (AvgIpc) is 3.40. The lowest BCUT2D eigenvalue weighted by atomic mass is 9.85. The second-order valence-corrected chi connectivity index (χ2v) is 10.3. The number of rotatable bonds is 12. The number of pyridine rings is 1. The number of benzene rings is 2. The Kier molecular flexibility index (Phi) is 9.49. The number of ketones is 1. The highest BCUT2D eigenvalue weighted by atomic mass is 19.4. The predicted octanol–water partition coefficient (Wildman–Crippen LogP) is 7.74. The largest absolute Gasteiger partial charge is 0.455 e. The fraction of sp³-hybridized carbons (Fsp3) is 0.300. The van der Waals surface area contributed by atoms with Crippen molar-refractivity contribution in [3.8, 4) is 22.5 Å². The molecule has 0 saturated heterocycles. The van der Waals surface area contributed by atoms with Crippen LogP contribution in [0.15, 0.2) is 59.0 Å². The van der Waals surface area contributed by atoms with E-state index >= 15 is 0 Å². The molecule has 1 amide bonds. The molecule has 0 aliphatic carbocycles. The van der Waals surface area contributed by atoms with Gasteiger partial charge in [-0.05, 0) is 42.0 Å². The molecule has 0 fully saturated rings. The molecule has 240 valence electrons. The number of furan rings is 1. The number of Topliss-reactive ketones (excluding diaryl/α,β-unsaturated/α-hetero) is 1. The third-order valence-corrected chi connectivity index (χ3v) is 7.02. The molecule has 2 aromatic heterocycles. The zero-order valence-corrected chi connectivity index (χ0v) is 23.3. The molecule has 45 heavy (non-hydrogen) atoms. The molecular weight excluding hydrogens is 621 g/mol. The fourth-order valence-corrected chi connectivity index (χ4v) is 4.38. The third kappa shape index (κ3) is 6.76. The van der Waals surface area contributed by atoms with Crippen LogP contribution in [-0.2, 0) is 0 Å². The van der Waals surface area contributed by atoms with Gasteiger partial charge in [0.25, 0.3) is 5.91 Å². The summed E-state index contributed by atoms with van der Waals surface area (Å²) in [4.78, 5) is 29.9. The minimum absolute atomic E-state index is 0.00630. The quantitative estimate of drug-likeness (QED) is 0.122. The molecule has 0 unspecified atom stereocenters. The molecule has 0 atom stereocenters. The molecule has 4 aromatic rings. The van der Waals surface area contributed by atoms with Crippen LogP contribution in [0.3, 0.4) is 0 Å². The number of carbonyl (C=O) groups excluding carboxylic acids is 2. The lowest BCUT2D eigenvalue weighted by molar-refractivity contribution is -0.275. The topological polar surface area (TPSA) is 84.2 Å². The smallest absolute Gasteiger partial charge is 0.437 e. The van der Waals surface area contributed by atoms with Gasteiger partial charge in [-0.25, -0.2) is 4.39 Å². The van der Waals surface area contributed by atoms with E-state index in [0.29, 0.717) is 0 Å². The maximum Gasteiger partial charge on any atom is 0.455 e. The van der Waals surface area contributed by atoms with Crippen molar-refractivity contribution in [2.45, 2.75) is 18.5 Å². The summed E-state index contributed by atoms with van der Waals surface area (Å²) in [5.41, 5.74) is -2.83.